The number of aliphatic hydroxyl groups excluding tert-OH is 1. The molecular weight excluding hydrogens is 238 g/mol. The second-order valence-corrected chi connectivity index (χ2v) is 5.55. The number of benzene rings is 1. The van der Waals surface area contributed by atoms with Crippen LogP contribution < -0.4 is 0 Å². The van der Waals surface area contributed by atoms with E-state index >= 15 is 0 Å². The lowest BCUT2D eigenvalue weighted by Crippen LogP contribution is -2.34. The molecule has 94 valence electrons. The fourth-order valence-electron chi connectivity index (χ4n) is 1.55. The highest BCUT2D eigenvalue weighted by Gasteiger charge is 2.24. The summed E-state index contributed by atoms with van der Waals surface area (Å²) in [5.41, 5.74) is 0.694. The summed E-state index contributed by atoms with van der Waals surface area (Å²) in [6, 6.07) is 6.79. The first-order valence-corrected chi connectivity index (χ1v) is 6.75. The Labute approximate surface area is 102 Å². The molecular formula is C12H17NO3S. The third kappa shape index (κ3) is 3.15. The van der Waals surface area contributed by atoms with Crippen LogP contribution in [0.15, 0.2) is 41.8 Å². The highest BCUT2D eigenvalue weighted by atomic mass is 32.2. The van der Waals surface area contributed by atoms with Gasteiger partial charge >= 0.3 is 0 Å². The normalized spacial score (nSPS) is 11.7. The van der Waals surface area contributed by atoms with Crippen molar-refractivity contribution < 1.29 is 13.5 Å². The molecule has 0 bridgehead atoms. The van der Waals surface area contributed by atoms with Gasteiger partial charge in [0, 0.05) is 13.1 Å². The van der Waals surface area contributed by atoms with E-state index in [0.717, 1.165) is 0 Å². The SMILES string of the molecule is C=CCN(CCO)S(=O)(=O)c1ccccc1C. The van der Waals surface area contributed by atoms with Crippen molar-refractivity contribution in [1.82, 2.24) is 4.31 Å². The summed E-state index contributed by atoms with van der Waals surface area (Å²) in [4.78, 5) is 0.273. The molecule has 0 fully saturated rings. The van der Waals surface area contributed by atoms with Gasteiger partial charge in [0.05, 0.1) is 11.5 Å². The number of nitrogens with zero attached hydrogens (tertiary/aromatic N) is 1. The first-order chi connectivity index (χ1) is 8.04. The average molecular weight is 255 g/mol. The van der Waals surface area contributed by atoms with E-state index in [2.05, 4.69) is 6.58 Å². The molecule has 0 radical (unpaired) electrons. The molecule has 0 heterocycles. The van der Waals surface area contributed by atoms with Gasteiger partial charge in [0.2, 0.25) is 10.0 Å². The zero-order valence-electron chi connectivity index (χ0n) is 9.83. The average Bonchev–Trinajstić information content (AvgIpc) is 2.29. The molecule has 0 unspecified atom stereocenters. The molecule has 0 atom stereocenters. The van der Waals surface area contributed by atoms with Crippen molar-refractivity contribution in [3.8, 4) is 0 Å². The molecule has 5 heteroatoms. The van der Waals surface area contributed by atoms with Crippen molar-refractivity contribution in [2.75, 3.05) is 19.7 Å². The molecule has 1 N–H and O–H groups in total. The largest absolute Gasteiger partial charge is 0.395 e. The van der Waals surface area contributed by atoms with Gasteiger partial charge in [-0.25, -0.2) is 8.42 Å². The van der Waals surface area contributed by atoms with Crippen molar-refractivity contribution in [3.05, 3.63) is 42.5 Å². The monoisotopic (exact) mass is 255 g/mol. The van der Waals surface area contributed by atoms with Gasteiger partial charge in [0.15, 0.2) is 0 Å². The molecule has 0 aromatic heterocycles. The molecule has 0 saturated heterocycles. The maximum atomic E-state index is 12.3. The lowest BCUT2D eigenvalue weighted by molar-refractivity contribution is 0.260. The van der Waals surface area contributed by atoms with E-state index in [4.69, 9.17) is 5.11 Å². The van der Waals surface area contributed by atoms with E-state index < -0.39 is 10.0 Å². The van der Waals surface area contributed by atoms with Gasteiger partial charge < -0.3 is 5.11 Å². The van der Waals surface area contributed by atoms with Crippen molar-refractivity contribution >= 4 is 10.0 Å². The van der Waals surface area contributed by atoms with Crippen LogP contribution in [-0.4, -0.2) is 37.5 Å². The maximum Gasteiger partial charge on any atom is 0.243 e. The number of rotatable bonds is 6. The molecule has 0 saturated carbocycles. The smallest absolute Gasteiger partial charge is 0.243 e. The fraction of sp³-hybridized carbons (Fsp3) is 0.333. The van der Waals surface area contributed by atoms with E-state index in [-0.39, 0.29) is 24.6 Å². The van der Waals surface area contributed by atoms with Crippen LogP contribution in [-0.2, 0) is 10.0 Å². The van der Waals surface area contributed by atoms with Crippen LogP contribution in [0.3, 0.4) is 0 Å². The molecule has 1 aromatic carbocycles. The molecule has 4 nitrogen and oxygen atoms in total. The van der Waals surface area contributed by atoms with Crippen LogP contribution >= 0.6 is 0 Å². The summed E-state index contributed by atoms with van der Waals surface area (Å²) < 4.78 is 25.8. The second kappa shape index (κ2) is 5.95. The lowest BCUT2D eigenvalue weighted by Gasteiger charge is -2.20. The third-order valence-corrected chi connectivity index (χ3v) is 4.42. The minimum Gasteiger partial charge on any atom is -0.395 e. The molecule has 1 aromatic rings. The summed E-state index contributed by atoms with van der Waals surface area (Å²) >= 11 is 0. The first kappa shape index (κ1) is 13.9. The van der Waals surface area contributed by atoms with Gasteiger partial charge in [-0.05, 0) is 18.6 Å². The molecule has 1 rings (SSSR count). The van der Waals surface area contributed by atoms with Crippen LogP contribution in [0.1, 0.15) is 5.56 Å². The quantitative estimate of drug-likeness (QED) is 0.776. The molecule has 0 aliphatic heterocycles. The maximum absolute atomic E-state index is 12.3. The summed E-state index contributed by atoms with van der Waals surface area (Å²) in [7, 11) is -3.55. The minimum atomic E-state index is -3.55. The van der Waals surface area contributed by atoms with Gasteiger partial charge in [-0.3, -0.25) is 0 Å². The molecule has 0 amide bonds. The van der Waals surface area contributed by atoms with Gasteiger partial charge in [0.1, 0.15) is 0 Å². The Hall–Kier alpha value is -1.17. The number of hydrogen-bond acceptors (Lipinski definition) is 3. The zero-order chi connectivity index (χ0) is 12.9. The van der Waals surface area contributed by atoms with Crippen molar-refractivity contribution in [2.45, 2.75) is 11.8 Å². The van der Waals surface area contributed by atoms with Crippen LogP contribution in [0.25, 0.3) is 0 Å². The van der Waals surface area contributed by atoms with Crippen LogP contribution in [0.5, 0.6) is 0 Å². The van der Waals surface area contributed by atoms with Crippen LogP contribution in [0.2, 0.25) is 0 Å². The highest BCUT2D eigenvalue weighted by molar-refractivity contribution is 7.89. The number of aliphatic hydroxyl groups is 1. The van der Waals surface area contributed by atoms with E-state index in [1.54, 1.807) is 31.2 Å². The number of aryl methyl sites for hydroxylation is 1. The Morgan fingerprint density at radius 1 is 1.41 bits per heavy atom. The standard InChI is InChI=1S/C12H17NO3S/c1-3-8-13(9-10-14)17(15,16)12-7-5-4-6-11(12)2/h3-7,14H,1,8-10H2,2H3. The van der Waals surface area contributed by atoms with Crippen molar-refractivity contribution in [2.24, 2.45) is 0 Å². The topological polar surface area (TPSA) is 57.6 Å². The van der Waals surface area contributed by atoms with E-state index in [1.807, 2.05) is 0 Å². The van der Waals surface area contributed by atoms with E-state index in [9.17, 15) is 8.42 Å². The van der Waals surface area contributed by atoms with Gasteiger partial charge in [-0.15, -0.1) is 6.58 Å². The molecule has 0 aliphatic rings. The molecule has 0 spiro atoms. The van der Waals surface area contributed by atoms with E-state index in [0.29, 0.717) is 5.56 Å². The lowest BCUT2D eigenvalue weighted by atomic mass is 10.2. The summed E-state index contributed by atoms with van der Waals surface area (Å²) in [5.74, 6) is 0. The fourth-order valence-corrected chi connectivity index (χ4v) is 3.18. The Morgan fingerprint density at radius 3 is 2.59 bits per heavy atom. The Balaban J connectivity index is 3.16. The number of sulfonamides is 1. The van der Waals surface area contributed by atoms with E-state index in [1.165, 1.54) is 10.4 Å². The van der Waals surface area contributed by atoms with Crippen molar-refractivity contribution in [1.29, 1.82) is 0 Å². The summed E-state index contributed by atoms with van der Waals surface area (Å²) in [5, 5.41) is 8.90. The van der Waals surface area contributed by atoms with Gasteiger partial charge in [0.25, 0.3) is 0 Å². The Kier molecular flexibility index (Phi) is 4.86. The minimum absolute atomic E-state index is 0.0721. The molecule has 17 heavy (non-hydrogen) atoms. The zero-order valence-corrected chi connectivity index (χ0v) is 10.7. The Bertz CT molecular complexity index is 482. The third-order valence-electron chi connectivity index (χ3n) is 2.39. The van der Waals surface area contributed by atoms with Gasteiger partial charge in [-0.2, -0.15) is 4.31 Å². The van der Waals surface area contributed by atoms with Crippen LogP contribution in [0.4, 0.5) is 0 Å². The summed E-state index contributed by atoms with van der Waals surface area (Å²) in [6.07, 6.45) is 1.51. The van der Waals surface area contributed by atoms with Gasteiger partial charge in [-0.1, -0.05) is 24.3 Å². The van der Waals surface area contributed by atoms with Crippen LogP contribution in [0, 0.1) is 6.92 Å². The predicted molar refractivity (Wildman–Crippen MR) is 67.2 cm³/mol. The molecule has 0 aliphatic carbocycles. The predicted octanol–water partition coefficient (Wildman–Crippen LogP) is 1.16. The summed E-state index contributed by atoms with van der Waals surface area (Å²) in [6.45, 7) is 5.33. The number of hydrogen-bond donors (Lipinski definition) is 1. The van der Waals surface area contributed by atoms with Crippen molar-refractivity contribution in [3.63, 3.8) is 0 Å². The first-order valence-electron chi connectivity index (χ1n) is 5.31. The highest BCUT2D eigenvalue weighted by Crippen LogP contribution is 2.19. The Morgan fingerprint density at radius 2 is 2.06 bits per heavy atom. The second-order valence-electron chi connectivity index (χ2n) is 3.64.